The summed E-state index contributed by atoms with van der Waals surface area (Å²) in [5.74, 6) is 4.66. The predicted molar refractivity (Wildman–Crippen MR) is 207 cm³/mol. The Morgan fingerprint density at radius 1 is 0.519 bits per heavy atom. The van der Waals surface area contributed by atoms with Crippen LogP contribution in [0.3, 0.4) is 0 Å². The highest BCUT2D eigenvalue weighted by Crippen LogP contribution is 2.62. The highest BCUT2D eigenvalue weighted by Gasteiger charge is 2.52. The highest BCUT2D eigenvalue weighted by atomic mass is 16.3. The molecule has 5 aliphatic carbocycles. The second kappa shape index (κ2) is 11.0. The van der Waals surface area contributed by atoms with E-state index >= 15 is 0 Å². The summed E-state index contributed by atoms with van der Waals surface area (Å²) in [6, 6.07) is 38.8. The van der Waals surface area contributed by atoms with E-state index in [0.717, 1.165) is 51.1 Å². The van der Waals surface area contributed by atoms with Gasteiger partial charge >= 0.3 is 0 Å². The summed E-state index contributed by atoms with van der Waals surface area (Å²) >= 11 is 0. The van der Waals surface area contributed by atoms with Gasteiger partial charge < -0.3 is 4.42 Å². The van der Waals surface area contributed by atoms with Crippen LogP contribution in [0.2, 0.25) is 0 Å². The van der Waals surface area contributed by atoms with E-state index in [-0.39, 0.29) is 10.8 Å². The van der Waals surface area contributed by atoms with Crippen LogP contribution in [0.15, 0.2) is 120 Å². The van der Waals surface area contributed by atoms with Crippen LogP contribution >= 0.6 is 0 Å². The van der Waals surface area contributed by atoms with Crippen LogP contribution in [-0.2, 0) is 10.8 Å². The number of oxazole rings is 1. The molecular formula is C47H40N4O. The molecule has 0 amide bonds. The summed E-state index contributed by atoms with van der Waals surface area (Å²) in [6.45, 7) is 4.68. The maximum absolute atomic E-state index is 6.29. The highest BCUT2D eigenvalue weighted by molar-refractivity contribution is 5.95. The summed E-state index contributed by atoms with van der Waals surface area (Å²) in [5.41, 5.74) is 13.9. The minimum Gasteiger partial charge on any atom is -0.443 e. The average Bonchev–Trinajstić information content (AvgIpc) is 3.75. The van der Waals surface area contributed by atoms with Crippen LogP contribution < -0.4 is 0 Å². The molecule has 0 saturated heterocycles. The van der Waals surface area contributed by atoms with Crippen LogP contribution in [0.4, 0.5) is 0 Å². The van der Waals surface area contributed by atoms with Gasteiger partial charge in [0.25, 0.3) is 0 Å². The van der Waals surface area contributed by atoms with Crippen LogP contribution in [0.25, 0.3) is 67.5 Å². The smallest absolute Gasteiger partial charge is 0.182 e. The van der Waals surface area contributed by atoms with E-state index in [1.807, 2.05) is 36.4 Å². The molecule has 12 rings (SSSR count). The van der Waals surface area contributed by atoms with Gasteiger partial charge in [-0.15, -0.1) is 0 Å². The van der Waals surface area contributed by atoms with Gasteiger partial charge in [0.15, 0.2) is 29.4 Å². The largest absolute Gasteiger partial charge is 0.443 e. The minimum absolute atomic E-state index is 0.226. The van der Waals surface area contributed by atoms with Crippen molar-refractivity contribution in [1.29, 1.82) is 0 Å². The molecule has 5 aromatic carbocycles. The summed E-state index contributed by atoms with van der Waals surface area (Å²) in [6.07, 6.45) is 9.91. The minimum atomic E-state index is -0.226. The van der Waals surface area contributed by atoms with Gasteiger partial charge in [0.05, 0.1) is 0 Å². The number of nitrogens with zero attached hydrogens (tertiary/aromatic N) is 4. The van der Waals surface area contributed by atoms with Crippen molar-refractivity contribution in [3.8, 4) is 56.4 Å². The second-order valence-corrected chi connectivity index (χ2v) is 16.6. The lowest BCUT2D eigenvalue weighted by Gasteiger charge is -2.57. The molecule has 254 valence electrons. The molecule has 2 heterocycles. The zero-order chi connectivity index (χ0) is 34.6. The van der Waals surface area contributed by atoms with E-state index in [9.17, 15) is 0 Å². The summed E-state index contributed by atoms with van der Waals surface area (Å²) in [4.78, 5) is 19.8. The van der Waals surface area contributed by atoms with E-state index in [2.05, 4.69) is 86.6 Å². The molecule has 0 unspecified atom stereocenters. The first kappa shape index (κ1) is 30.2. The van der Waals surface area contributed by atoms with Crippen LogP contribution in [0.5, 0.6) is 0 Å². The van der Waals surface area contributed by atoms with Crippen molar-refractivity contribution >= 4 is 11.1 Å². The average molecular weight is 677 g/mol. The fraction of sp³-hybridized carbons (Fsp3) is 0.277. The lowest BCUT2D eigenvalue weighted by molar-refractivity contribution is -0.00487. The van der Waals surface area contributed by atoms with Crippen molar-refractivity contribution in [1.82, 2.24) is 19.9 Å². The Labute approximate surface area is 304 Å². The lowest BCUT2D eigenvalue weighted by atomic mass is 9.48. The van der Waals surface area contributed by atoms with Crippen molar-refractivity contribution in [2.24, 2.45) is 17.8 Å². The fourth-order valence-electron chi connectivity index (χ4n) is 11.0. The standard InChI is InChI=1S/C47H40N4O/c1-46(2)39-22-33(35-17-18-38(42-41(35)48-27-52-42)47-24-28-19-29(25-47)21-30(20-28)26-47)13-15-36(39)37-16-14-34(23-40(37)46)45-50-43(31-9-5-3-6-10-31)49-44(51-45)32-11-7-4-8-12-32/h3-18,22-23,27-30H,19-21,24-26H2,1-2H3. The molecule has 0 aliphatic heterocycles. The third kappa shape index (κ3) is 4.54. The van der Waals surface area contributed by atoms with Crippen molar-refractivity contribution < 1.29 is 4.42 Å². The molecule has 4 saturated carbocycles. The first-order valence-electron chi connectivity index (χ1n) is 19.0. The van der Waals surface area contributed by atoms with E-state index in [4.69, 9.17) is 24.4 Å². The molecule has 7 aromatic rings. The molecule has 4 bridgehead atoms. The predicted octanol–water partition coefficient (Wildman–Crippen LogP) is 11.5. The van der Waals surface area contributed by atoms with Gasteiger partial charge in [-0.25, -0.2) is 19.9 Å². The van der Waals surface area contributed by atoms with Gasteiger partial charge in [0.2, 0.25) is 0 Å². The Morgan fingerprint density at radius 2 is 1.02 bits per heavy atom. The van der Waals surface area contributed by atoms with E-state index in [0.29, 0.717) is 17.5 Å². The SMILES string of the molecule is CC1(C)c2cc(-c3nc(-c4ccccc4)nc(-c4ccccc4)n3)ccc2-c2ccc(-c3ccc(C45CC6CC(CC(C6)C4)C5)c4ocnc34)cc21. The van der Waals surface area contributed by atoms with Gasteiger partial charge in [-0.1, -0.05) is 111 Å². The number of aromatic nitrogens is 4. The number of hydrogen-bond donors (Lipinski definition) is 0. The molecule has 0 atom stereocenters. The molecule has 2 aromatic heterocycles. The quantitative estimate of drug-likeness (QED) is 0.182. The van der Waals surface area contributed by atoms with Crippen LogP contribution in [-0.4, -0.2) is 19.9 Å². The molecule has 5 nitrogen and oxygen atoms in total. The Hall–Kier alpha value is -5.42. The molecule has 5 aliphatic rings. The summed E-state index contributed by atoms with van der Waals surface area (Å²) < 4.78 is 6.29. The molecule has 52 heavy (non-hydrogen) atoms. The normalized spacial score (nSPS) is 23.5. The van der Waals surface area contributed by atoms with Gasteiger partial charge in [0, 0.05) is 33.2 Å². The Kier molecular flexibility index (Phi) is 6.42. The molecule has 0 spiro atoms. The van der Waals surface area contributed by atoms with Crippen LogP contribution in [0.1, 0.15) is 69.1 Å². The van der Waals surface area contributed by atoms with Crippen molar-refractivity contribution in [2.75, 3.05) is 0 Å². The van der Waals surface area contributed by atoms with Gasteiger partial charge in [-0.3, -0.25) is 0 Å². The van der Waals surface area contributed by atoms with Crippen molar-refractivity contribution in [3.63, 3.8) is 0 Å². The second-order valence-electron chi connectivity index (χ2n) is 16.6. The third-order valence-corrected chi connectivity index (χ3v) is 13.0. The van der Waals surface area contributed by atoms with E-state index < -0.39 is 0 Å². The number of rotatable bonds is 5. The Morgan fingerprint density at radius 3 is 1.60 bits per heavy atom. The first-order chi connectivity index (χ1) is 25.4. The summed E-state index contributed by atoms with van der Waals surface area (Å²) in [5, 5.41) is 0. The molecule has 0 N–H and O–H groups in total. The first-order valence-corrected chi connectivity index (χ1v) is 19.0. The van der Waals surface area contributed by atoms with Crippen LogP contribution in [0, 0.1) is 17.8 Å². The third-order valence-electron chi connectivity index (χ3n) is 13.0. The van der Waals surface area contributed by atoms with Gasteiger partial charge in [-0.05, 0) is 102 Å². The van der Waals surface area contributed by atoms with Gasteiger partial charge in [0.1, 0.15) is 5.52 Å². The van der Waals surface area contributed by atoms with E-state index in [1.165, 1.54) is 71.9 Å². The van der Waals surface area contributed by atoms with Crippen molar-refractivity contribution in [2.45, 2.75) is 63.2 Å². The topological polar surface area (TPSA) is 64.7 Å². The Bertz CT molecular complexity index is 2440. The van der Waals surface area contributed by atoms with Crippen molar-refractivity contribution in [3.05, 3.63) is 132 Å². The zero-order valence-corrected chi connectivity index (χ0v) is 29.6. The maximum atomic E-state index is 6.29. The number of hydrogen-bond acceptors (Lipinski definition) is 5. The zero-order valence-electron chi connectivity index (χ0n) is 29.6. The van der Waals surface area contributed by atoms with E-state index in [1.54, 1.807) is 6.39 Å². The number of benzene rings is 5. The fourth-order valence-corrected chi connectivity index (χ4v) is 11.0. The number of fused-ring (bicyclic) bond motifs is 4. The molecular weight excluding hydrogens is 637 g/mol. The monoisotopic (exact) mass is 676 g/mol. The maximum Gasteiger partial charge on any atom is 0.182 e. The molecule has 5 heteroatoms. The molecule has 0 radical (unpaired) electrons. The molecule has 4 fully saturated rings. The Balaban J connectivity index is 0.979. The lowest BCUT2D eigenvalue weighted by Crippen LogP contribution is -2.48. The summed E-state index contributed by atoms with van der Waals surface area (Å²) in [7, 11) is 0. The van der Waals surface area contributed by atoms with Gasteiger partial charge in [-0.2, -0.15) is 0 Å².